The van der Waals surface area contributed by atoms with Gasteiger partial charge in [0, 0.05) is 42.7 Å². The van der Waals surface area contributed by atoms with E-state index in [0.717, 1.165) is 44.0 Å². The average molecular weight is 641 g/mol. The van der Waals surface area contributed by atoms with Crippen LogP contribution in [0.5, 0.6) is 5.75 Å². The smallest absolute Gasteiger partial charge is 0.306 e. The first-order valence-electron chi connectivity index (χ1n) is 15.8. The molecule has 1 saturated carbocycles. The lowest BCUT2D eigenvalue weighted by atomic mass is 9.87. The molecule has 3 aromatic rings. The van der Waals surface area contributed by atoms with E-state index in [1.54, 1.807) is 25.3 Å². The number of nitrogens with one attached hydrogen (secondary N) is 1. The minimum absolute atomic E-state index is 0.000634. The highest BCUT2D eigenvalue weighted by molar-refractivity contribution is 7.99. The topological polar surface area (TPSA) is 117 Å². The highest BCUT2D eigenvalue weighted by Crippen LogP contribution is 2.33. The minimum Gasteiger partial charge on any atom is -0.495 e. The van der Waals surface area contributed by atoms with Crippen molar-refractivity contribution in [2.24, 2.45) is 5.92 Å². The summed E-state index contributed by atoms with van der Waals surface area (Å²) in [5.41, 5.74) is 1.25. The van der Waals surface area contributed by atoms with Crippen molar-refractivity contribution in [1.82, 2.24) is 14.8 Å². The van der Waals surface area contributed by atoms with Gasteiger partial charge in [-0.05, 0) is 56.7 Å². The second-order valence-corrected chi connectivity index (χ2v) is 13.4. The van der Waals surface area contributed by atoms with Crippen LogP contribution in [0.4, 0.5) is 16.1 Å². The second-order valence-electron chi connectivity index (χ2n) is 12.2. The number of amides is 1. The average Bonchev–Trinajstić information content (AvgIpc) is 3.66. The van der Waals surface area contributed by atoms with Crippen LogP contribution in [0.15, 0.2) is 40.8 Å². The predicted octanol–water partition coefficient (Wildman–Crippen LogP) is 5.33. The molecule has 0 unspecified atom stereocenters. The van der Waals surface area contributed by atoms with Crippen molar-refractivity contribution in [1.29, 1.82) is 0 Å². The number of fused-ring (bicyclic) bond motifs is 1. The van der Waals surface area contributed by atoms with Gasteiger partial charge in [-0.25, -0.2) is 4.39 Å². The van der Waals surface area contributed by atoms with E-state index in [-0.39, 0.29) is 53.6 Å². The van der Waals surface area contributed by atoms with Crippen molar-refractivity contribution in [3.63, 3.8) is 0 Å². The second kappa shape index (κ2) is 14.4. The maximum absolute atomic E-state index is 15.8. The molecule has 3 heterocycles. The molecule has 6 rings (SSSR count). The van der Waals surface area contributed by atoms with Gasteiger partial charge in [0.1, 0.15) is 11.3 Å². The zero-order chi connectivity index (χ0) is 31.3. The number of carbonyl (C=O) groups is 2. The molecule has 2 aliphatic heterocycles. The van der Waals surface area contributed by atoms with Gasteiger partial charge in [-0.1, -0.05) is 18.2 Å². The summed E-state index contributed by atoms with van der Waals surface area (Å²) in [6, 6.07) is 10.7. The molecule has 242 valence electrons. The first-order chi connectivity index (χ1) is 21.9. The van der Waals surface area contributed by atoms with Gasteiger partial charge >= 0.3 is 5.97 Å². The summed E-state index contributed by atoms with van der Waals surface area (Å²) >= 11 is 1.95. The van der Waals surface area contributed by atoms with Crippen LogP contribution in [0.1, 0.15) is 44.1 Å². The number of thioether (sulfide) groups is 1. The van der Waals surface area contributed by atoms with Gasteiger partial charge in [0.15, 0.2) is 11.4 Å². The number of halogens is 1. The maximum Gasteiger partial charge on any atom is 0.306 e. The van der Waals surface area contributed by atoms with Crippen LogP contribution in [0.2, 0.25) is 0 Å². The number of likely N-dealkylation sites (tertiary alicyclic amines) is 1. The number of hydrogen-bond acceptors (Lipinski definition) is 9. The summed E-state index contributed by atoms with van der Waals surface area (Å²) in [4.78, 5) is 34.1. The third-order valence-corrected chi connectivity index (χ3v) is 10.2. The third-order valence-electron chi connectivity index (χ3n) is 9.30. The normalized spacial score (nSPS) is 24.2. The zero-order valence-corrected chi connectivity index (χ0v) is 26.4. The first-order valence-corrected chi connectivity index (χ1v) is 17.0. The van der Waals surface area contributed by atoms with E-state index in [4.69, 9.17) is 13.9 Å². The van der Waals surface area contributed by atoms with E-state index in [0.29, 0.717) is 49.2 Å². The minimum atomic E-state index is -0.736. The van der Waals surface area contributed by atoms with E-state index in [9.17, 15) is 14.7 Å². The number of aliphatic carboxylic acids is 1. The summed E-state index contributed by atoms with van der Waals surface area (Å²) < 4.78 is 33.3. The van der Waals surface area contributed by atoms with Crippen molar-refractivity contribution in [2.75, 3.05) is 50.2 Å². The predicted molar refractivity (Wildman–Crippen MR) is 171 cm³/mol. The molecule has 2 N–H and O–H groups in total. The molecule has 3 aliphatic rings. The Hall–Kier alpha value is -3.35. The van der Waals surface area contributed by atoms with E-state index < -0.39 is 11.8 Å². The molecule has 10 nitrogen and oxygen atoms in total. The third kappa shape index (κ3) is 7.39. The van der Waals surface area contributed by atoms with Gasteiger partial charge in [0.2, 0.25) is 5.91 Å². The number of aromatic nitrogens is 1. The monoisotopic (exact) mass is 640 g/mol. The van der Waals surface area contributed by atoms with Crippen LogP contribution < -0.4 is 10.1 Å². The van der Waals surface area contributed by atoms with E-state index in [1.165, 1.54) is 0 Å². The van der Waals surface area contributed by atoms with Crippen molar-refractivity contribution in [3.05, 3.63) is 47.8 Å². The maximum atomic E-state index is 15.8. The molecule has 2 aromatic carbocycles. The molecule has 1 aliphatic carbocycles. The summed E-state index contributed by atoms with van der Waals surface area (Å²) in [6.07, 6.45) is 4.25. The van der Waals surface area contributed by atoms with Crippen molar-refractivity contribution < 1.29 is 33.0 Å². The molecule has 12 heteroatoms. The number of carboxylic acid groups (broad SMARTS) is 1. The Balaban J connectivity index is 1.16. The number of carbonyl (C=O) groups excluding carboxylic acids is 1. The van der Waals surface area contributed by atoms with Gasteiger partial charge < -0.3 is 29.2 Å². The number of oxazole rings is 1. The lowest BCUT2D eigenvalue weighted by Crippen LogP contribution is -2.50. The quantitative estimate of drug-likeness (QED) is 0.285. The van der Waals surface area contributed by atoms with Crippen LogP contribution >= 0.6 is 11.8 Å². The summed E-state index contributed by atoms with van der Waals surface area (Å²) in [5.74, 6) is 1.02. The number of para-hydroxylation sites is 2. The number of hydrogen-bond donors (Lipinski definition) is 2. The Morgan fingerprint density at radius 3 is 2.58 bits per heavy atom. The Labute approximate surface area is 266 Å². The highest BCUT2D eigenvalue weighted by atomic mass is 32.2. The number of nitrogens with zero attached hydrogens (tertiary/aromatic N) is 3. The molecule has 0 bridgehead atoms. The van der Waals surface area contributed by atoms with Crippen LogP contribution in [0, 0.1) is 11.7 Å². The fraction of sp³-hybridized carbons (Fsp3) is 0.545. The standard InChI is InChI=1S/C33H41FN4O6S/c1-42-28-5-3-2-4-26(28)35-33-36-27-13-8-22(30(34)31(27)44-33)18-29(39)38-23(19-37-14-16-45-17-15-37)9-10-24(38)20-43-25-11-6-21(7-12-25)32(40)41/h2-5,8,13,21,23-25H,6-7,9-12,14-20H2,1H3,(H,35,36)(H,40,41)/t21?,23-,24-,25?/m0/s1. The molecule has 0 spiro atoms. The Morgan fingerprint density at radius 1 is 1.07 bits per heavy atom. The van der Waals surface area contributed by atoms with Crippen LogP contribution in [-0.2, 0) is 20.7 Å². The van der Waals surface area contributed by atoms with Crippen molar-refractivity contribution >= 4 is 46.4 Å². The van der Waals surface area contributed by atoms with E-state index in [2.05, 4.69) is 15.2 Å². The number of rotatable bonds is 11. The molecule has 1 aromatic heterocycles. The number of carboxylic acids is 1. The summed E-state index contributed by atoms with van der Waals surface area (Å²) in [7, 11) is 1.56. The molecule has 2 saturated heterocycles. The number of methoxy groups -OCH3 is 1. The number of benzene rings is 2. The van der Waals surface area contributed by atoms with Gasteiger partial charge in [0.25, 0.3) is 6.01 Å². The lowest BCUT2D eigenvalue weighted by molar-refractivity contribution is -0.144. The fourth-order valence-electron chi connectivity index (χ4n) is 6.82. The molecular weight excluding hydrogens is 599 g/mol. The summed E-state index contributed by atoms with van der Waals surface area (Å²) in [5, 5.41) is 12.4. The zero-order valence-electron chi connectivity index (χ0n) is 25.6. The number of ether oxygens (including phenoxy) is 2. The Kier molecular flexibility index (Phi) is 10.1. The van der Waals surface area contributed by atoms with Crippen LogP contribution in [-0.4, -0.2) is 94.8 Å². The molecular formula is C33H41FN4O6S. The fourth-order valence-corrected chi connectivity index (χ4v) is 7.80. The van der Waals surface area contributed by atoms with Crippen molar-refractivity contribution in [2.45, 2.75) is 63.1 Å². The van der Waals surface area contributed by atoms with Crippen LogP contribution in [0.25, 0.3) is 11.1 Å². The van der Waals surface area contributed by atoms with Crippen molar-refractivity contribution in [3.8, 4) is 5.75 Å². The molecule has 0 radical (unpaired) electrons. The largest absolute Gasteiger partial charge is 0.495 e. The molecule has 3 fully saturated rings. The molecule has 1 amide bonds. The van der Waals surface area contributed by atoms with Gasteiger partial charge in [0.05, 0.1) is 43.9 Å². The Morgan fingerprint density at radius 2 is 1.82 bits per heavy atom. The lowest BCUT2D eigenvalue weighted by Gasteiger charge is -2.36. The first kappa shape index (κ1) is 31.6. The summed E-state index contributed by atoms with van der Waals surface area (Å²) in [6.45, 7) is 3.20. The van der Waals surface area contributed by atoms with Gasteiger partial charge in [-0.15, -0.1) is 0 Å². The highest BCUT2D eigenvalue weighted by Gasteiger charge is 2.39. The van der Waals surface area contributed by atoms with Crippen LogP contribution in [0.3, 0.4) is 0 Å². The SMILES string of the molecule is COc1ccccc1Nc1nc2ccc(CC(=O)N3[C@H](COC4CCC(C(=O)O)CC4)CC[C@H]3CN3CCSCC3)c(F)c2o1. The number of anilines is 2. The van der Waals surface area contributed by atoms with Gasteiger partial charge in [-0.3, -0.25) is 14.5 Å². The van der Waals surface area contributed by atoms with Gasteiger partial charge in [-0.2, -0.15) is 16.7 Å². The molecule has 45 heavy (non-hydrogen) atoms. The molecule has 2 atom stereocenters. The van der Waals surface area contributed by atoms with E-state index >= 15 is 4.39 Å². The Bertz CT molecular complexity index is 1490. The van der Waals surface area contributed by atoms with E-state index in [1.807, 2.05) is 34.9 Å².